The van der Waals surface area contributed by atoms with E-state index in [1.807, 2.05) is 6.07 Å². The Kier molecular flexibility index (Phi) is 3.08. The number of benzene rings is 1. The number of rotatable bonds is 4. The molecule has 3 nitrogen and oxygen atoms in total. The topological polar surface area (TPSA) is 30.7 Å². The largest absolute Gasteiger partial charge is 0.310 e. The van der Waals surface area contributed by atoms with E-state index in [-0.39, 0.29) is 5.92 Å². The summed E-state index contributed by atoms with van der Waals surface area (Å²) in [6, 6.07) is 11.0. The average molecular weight is 262 g/mol. The molecule has 0 saturated heterocycles. The second-order valence-electron chi connectivity index (χ2n) is 4.84. The van der Waals surface area contributed by atoms with E-state index in [0.29, 0.717) is 11.9 Å². The lowest BCUT2D eigenvalue weighted by Gasteiger charge is -2.14. The van der Waals surface area contributed by atoms with Crippen LogP contribution in [0.25, 0.3) is 0 Å². The maximum absolute atomic E-state index is 5.94. The van der Waals surface area contributed by atoms with E-state index in [2.05, 4.69) is 46.0 Å². The molecule has 1 fully saturated rings. The second kappa shape index (κ2) is 4.73. The summed E-state index contributed by atoms with van der Waals surface area (Å²) in [4.78, 5) is 0. The van der Waals surface area contributed by atoms with Crippen LogP contribution in [0.1, 0.15) is 48.9 Å². The minimum absolute atomic E-state index is 0.260. The summed E-state index contributed by atoms with van der Waals surface area (Å²) < 4.78 is 2.24. The summed E-state index contributed by atoms with van der Waals surface area (Å²) in [7, 11) is 0. The van der Waals surface area contributed by atoms with Crippen LogP contribution in [0.5, 0.6) is 0 Å². The Hall–Kier alpha value is -1.35. The Balaban J connectivity index is 1.99. The highest BCUT2D eigenvalue weighted by atomic mass is 35.5. The van der Waals surface area contributed by atoms with Gasteiger partial charge in [-0.05, 0) is 18.4 Å². The molecular formula is C14H16ClN3. The van der Waals surface area contributed by atoms with Crippen LogP contribution >= 0.6 is 11.6 Å². The molecule has 94 valence electrons. The third-order valence-corrected chi connectivity index (χ3v) is 3.75. The smallest absolute Gasteiger partial charge is 0.148 e. The number of hydrogen-bond acceptors (Lipinski definition) is 2. The Morgan fingerprint density at radius 2 is 2.00 bits per heavy atom. The van der Waals surface area contributed by atoms with Crippen molar-refractivity contribution >= 4 is 11.6 Å². The number of aromatic nitrogens is 3. The van der Waals surface area contributed by atoms with E-state index in [1.165, 1.54) is 18.4 Å². The van der Waals surface area contributed by atoms with Crippen LogP contribution in [0.15, 0.2) is 30.3 Å². The molecule has 4 heteroatoms. The van der Waals surface area contributed by atoms with Gasteiger partial charge in [0.2, 0.25) is 0 Å². The quantitative estimate of drug-likeness (QED) is 0.789. The molecule has 1 heterocycles. The van der Waals surface area contributed by atoms with Crippen molar-refractivity contribution in [2.24, 2.45) is 0 Å². The van der Waals surface area contributed by atoms with Gasteiger partial charge in [-0.1, -0.05) is 37.3 Å². The molecule has 1 aliphatic rings. The zero-order valence-corrected chi connectivity index (χ0v) is 11.1. The summed E-state index contributed by atoms with van der Waals surface area (Å²) in [5, 5.41) is 8.58. The van der Waals surface area contributed by atoms with Crippen molar-refractivity contribution in [1.82, 2.24) is 14.8 Å². The fraction of sp³-hybridized carbons (Fsp3) is 0.429. The van der Waals surface area contributed by atoms with Crippen LogP contribution in [0.3, 0.4) is 0 Å². The summed E-state index contributed by atoms with van der Waals surface area (Å²) in [6.07, 6.45) is 2.44. The first-order chi connectivity index (χ1) is 8.81. The predicted octanol–water partition coefficient (Wildman–Crippen LogP) is 3.50. The fourth-order valence-corrected chi connectivity index (χ4v) is 2.53. The molecule has 0 aliphatic heterocycles. The van der Waals surface area contributed by atoms with Gasteiger partial charge in [0.1, 0.15) is 11.6 Å². The fourth-order valence-electron chi connectivity index (χ4n) is 2.35. The summed E-state index contributed by atoms with van der Waals surface area (Å²) in [5.41, 5.74) is 1.27. The zero-order chi connectivity index (χ0) is 12.5. The average Bonchev–Trinajstić information content (AvgIpc) is 3.18. The molecule has 18 heavy (non-hydrogen) atoms. The molecule has 1 aromatic heterocycles. The number of halogens is 1. The molecule has 0 radical (unpaired) electrons. The van der Waals surface area contributed by atoms with Gasteiger partial charge in [0.25, 0.3) is 0 Å². The van der Waals surface area contributed by atoms with Gasteiger partial charge in [0.15, 0.2) is 0 Å². The molecule has 3 rings (SSSR count). The third-order valence-electron chi connectivity index (χ3n) is 3.51. The Labute approximate surface area is 112 Å². The van der Waals surface area contributed by atoms with Gasteiger partial charge in [0, 0.05) is 12.0 Å². The molecule has 1 aromatic carbocycles. The monoisotopic (exact) mass is 261 g/mol. The first kappa shape index (κ1) is 11.7. The van der Waals surface area contributed by atoms with E-state index >= 15 is 0 Å². The summed E-state index contributed by atoms with van der Waals surface area (Å²) in [6.45, 7) is 2.18. The second-order valence-corrected chi connectivity index (χ2v) is 5.11. The predicted molar refractivity (Wildman–Crippen MR) is 71.8 cm³/mol. The molecule has 0 N–H and O–H groups in total. The lowest BCUT2D eigenvalue weighted by Crippen LogP contribution is -2.09. The van der Waals surface area contributed by atoms with E-state index in [1.54, 1.807) is 0 Å². The zero-order valence-electron chi connectivity index (χ0n) is 10.4. The minimum Gasteiger partial charge on any atom is -0.310 e. The highest BCUT2D eigenvalue weighted by molar-refractivity contribution is 6.16. The first-order valence-electron chi connectivity index (χ1n) is 6.36. The van der Waals surface area contributed by atoms with Crippen molar-refractivity contribution in [1.29, 1.82) is 0 Å². The summed E-state index contributed by atoms with van der Waals surface area (Å²) >= 11 is 5.94. The molecule has 1 atom stereocenters. The van der Waals surface area contributed by atoms with Crippen molar-refractivity contribution in [2.45, 2.75) is 37.6 Å². The first-order valence-corrected chi connectivity index (χ1v) is 6.89. The SMILES string of the molecule is CC(c1ccccc1)c1nnc(CCl)n1C1CC1. The van der Waals surface area contributed by atoms with Gasteiger partial charge < -0.3 is 4.57 Å². The summed E-state index contributed by atoms with van der Waals surface area (Å²) in [5.74, 6) is 2.64. The van der Waals surface area contributed by atoms with Crippen LogP contribution in [0.2, 0.25) is 0 Å². The molecule has 1 saturated carbocycles. The molecule has 0 bridgehead atoms. The molecule has 0 spiro atoms. The maximum atomic E-state index is 5.94. The van der Waals surface area contributed by atoms with Crippen molar-refractivity contribution in [3.63, 3.8) is 0 Å². The van der Waals surface area contributed by atoms with Gasteiger partial charge in [-0.3, -0.25) is 0 Å². The Morgan fingerprint density at radius 1 is 1.28 bits per heavy atom. The van der Waals surface area contributed by atoms with Crippen LogP contribution in [-0.4, -0.2) is 14.8 Å². The molecule has 1 unspecified atom stereocenters. The number of alkyl halides is 1. The molecule has 2 aromatic rings. The lowest BCUT2D eigenvalue weighted by molar-refractivity contribution is 0.637. The van der Waals surface area contributed by atoms with Gasteiger partial charge in [-0.15, -0.1) is 21.8 Å². The van der Waals surface area contributed by atoms with Gasteiger partial charge in [-0.25, -0.2) is 0 Å². The standard InChI is InChI=1S/C14H16ClN3/c1-10(11-5-3-2-4-6-11)14-17-16-13(9-15)18(14)12-7-8-12/h2-6,10,12H,7-9H2,1H3. The molecule has 1 aliphatic carbocycles. The van der Waals surface area contributed by atoms with Gasteiger partial charge in [-0.2, -0.15) is 0 Å². The normalized spacial score (nSPS) is 16.8. The van der Waals surface area contributed by atoms with Crippen molar-refractivity contribution in [3.05, 3.63) is 47.5 Å². The van der Waals surface area contributed by atoms with E-state index < -0.39 is 0 Å². The Bertz CT molecular complexity index is 531. The van der Waals surface area contributed by atoms with E-state index in [0.717, 1.165) is 11.6 Å². The van der Waals surface area contributed by atoms with Crippen molar-refractivity contribution < 1.29 is 0 Å². The van der Waals surface area contributed by atoms with Crippen LogP contribution in [-0.2, 0) is 5.88 Å². The van der Waals surface area contributed by atoms with E-state index in [9.17, 15) is 0 Å². The minimum atomic E-state index is 0.260. The third kappa shape index (κ3) is 2.03. The van der Waals surface area contributed by atoms with Crippen LogP contribution in [0.4, 0.5) is 0 Å². The van der Waals surface area contributed by atoms with Crippen LogP contribution < -0.4 is 0 Å². The Morgan fingerprint density at radius 3 is 2.61 bits per heavy atom. The maximum Gasteiger partial charge on any atom is 0.148 e. The van der Waals surface area contributed by atoms with Crippen molar-refractivity contribution in [3.8, 4) is 0 Å². The van der Waals surface area contributed by atoms with Gasteiger partial charge in [0.05, 0.1) is 5.88 Å². The van der Waals surface area contributed by atoms with Crippen LogP contribution in [0, 0.1) is 0 Å². The van der Waals surface area contributed by atoms with Gasteiger partial charge >= 0.3 is 0 Å². The van der Waals surface area contributed by atoms with E-state index in [4.69, 9.17) is 11.6 Å². The molecule has 0 amide bonds. The number of nitrogens with zero attached hydrogens (tertiary/aromatic N) is 3. The highest BCUT2D eigenvalue weighted by Gasteiger charge is 2.31. The molecular weight excluding hydrogens is 246 g/mol. The number of hydrogen-bond donors (Lipinski definition) is 0. The van der Waals surface area contributed by atoms with Crippen molar-refractivity contribution in [2.75, 3.05) is 0 Å². The lowest BCUT2D eigenvalue weighted by atomic mass is 10.0. The highest BCUT2D eigenvalue weighted by Crippen LogP contribution is 2.39.